The van der Waals surface area contributed by atoms with E-state index < -0.39 is 5.97 Å². The number of aromatic carboxylic acids is 1. The summed E-state index contributed by atoms with van der Waals surface area (Å²) in [6.45, 7) is 4.02. The highest BCUT2D eigenvalue weighted by Crippen LogP contribution is 2.27. The van der Waals surface area contributed by atoms with E-state index in [1.54, 1.807) is 18.2 Å². The molecule has 0 atom stereocenters. The second kappa shape index (κ2) is 5.57. The van der Waals surface area contributed by atoms with Gasteiger partial charge in [0.25, 0.3) is 0 Å². The topological polar surface area (TPSA) is 50.2 Å². The first-order chi connectivity index (χ1) is 9.08. The summed E-state index contributed by atoms with van der Waals surface area (Å²) in [6.07, 6.45) is 2.40. The van der Waals surface area contributed by atoms with Crippen molar-refractivity contribution in [3.63, 3.8) is 0 Å². The number of rotatable bonds is 4. The molecule has 1 N–H and O–H groups in total. The standard InChI is InChI=1S/C15H16ClNO2/c1-3-5-12-10(4-2)14(15(18)19)11-8-9(16)6-7-13(11)17-12/h6-8H,3-5H2,1-2H3,(H,18,19). The Labute approximate surface area is 117 Å². The van der Waals surface area contributed by atoms with Gasteiger partial charge in [0.2, 0.25) is 0 Å². The van der Waals surface area contributed by atoms with E-state index in [-0.39, 0.29) is 0 Å². The fourth-order valence-corrected chi connectivity index (χ4v) is 2.57. The van der Waals surface area contributed by atoms with Crippen LogP contribution in [0.2, 0.25) is 5.02 Å². The zero-order valence-corrected chi connectivity index (χ0v) is 11.8. The van der Waals surface area contributed by atoms with E-state index in [0.29, 0.717) is 27.9 Å². The summed E-state index contributed by atoms with van der Waals surface area (Å²) >= 11 is 5.97. The molecule has 1 heterocycles. The fraction of sp³-hybridized carbons (Fsp3) is 0.333. The van der Waals surface area contributed by atoms with Crippen LogP contribution in [0.4, 0.5) is 0 Å². The number of carbonyl (C=O) groups is 1. The molecule has 0 aliphatic rings. The molecule has 0 amide bonds. The number of carboxylic acid groups (broad SMARTS) is 1. The van der Waals surface area contributed by atoms with E-state index in [4.69, 9.17) is 11.6 Å². The molecule has 19 heavy (non-hydrogen) atoms. The number of nitrogens with zero attached hydrogens (tertiary/aromatic N) is 1. The lowest BCUT2D eigenvalue weighted by Crippen LogP contribution is -2.09. The molecule has 1 aromatic heterocycles. The third kappa shape index (κ3) is 2.56. The number of halogens is 1. The molecule has 0 unspecified atom stereocenters. The van der Waals surface area contributed by atoms with Gasteiger partial charge in [0.1, 0.15) is 0 Å². The van der Waals surface area contributed by atoms with Crippen molar-refractivity contribution < 1.29 is 9.90 Å². The number of aryl methyl sites for hydroxylation is 1. The number of carboxylic acids is 1. The van der Waals surface area contributed by atoms with Crippen LogP contribution in [0.25, 0.3) is 10.9 Å². The molecular weight excluding hydrogens is 262 g/mol. The van der Waals surface area contributed by atoms with Gasteiger partial charge in [-0.3, -0.25) is 4.98 Å². The van der Waals surface area contributed by atoms with Crippen LogP contribution in [-0.2, 0) is 12.8 Å². The SMILES string of the molecule is CCCc1nc2ccc(Cl)cc2c(C(=O)O)c1CC. The lowest BCUT2D eigenvalue weighted by Gasteiger charge is -2.13. The maximum Gasteiger partial charge on any atom is 0.336 e. The van der Waals surface area contributed by atoms with Crippen LogP contribution in [0, 0.1) is 0 Å². The summed E-state index contributed by atoms with van der Waals surface area (Å²) in [6, 6.07) is 5.20. The Balaban J connectivity index is 2.86. The lowest BCUT2D eigenvalue weighted by atomic mass is 9.96. The zero-order valence-electron chi connectivity index (χ0n) is 11.0. The molecule has 0 spiro atoms. The molecule has 1 aromatic carbocycles. The maximum absolute atomic E-state index is 11.6. The molecule has 3 nitrogen and oxygen atoms in total. The van der Waals surface area contributed by atoms with Crippen LogP contribution in [0.1, 0.15) is 41.9 Å². The largest absolute Gasteiger partial charge is 0.478 e. The summed E-state index contributed by atoms with van der Waals surface area (Å²) in [5.74, 6) is -0.913. The number of pyridine rings is 1. The van der Waals surface area contributed by atoms with Crippen molar-refractivity contribution in [2.24, 2.45) is 0 Å². The highest BCUT2D eigenvalue weighted by molar-refractivity contribution is 6.31. The Morgan fingerprint density at radius 2 is 2.11 bits per heavy atom. The van der Waals surface area contributed by atoms with E-state index in [1.807, 2.05) is 6.92 Å². The van der Waals surface area contributed by atoms with Gasteiger partial charge in [0.15, 0.2) is 0 Å². The third-order valence-corrected chi connectivity index (χ3v) is 3.42. The normalized spacial score (nSPS) is 10.9. The molecule has 0 radical (unpaired) electrons. The molecule has 0 fully saturated rings. The summed E-state index contributed by atoms with van der Waals surface area (Å²) < 4.78 is 0. The average molecular weight is 278 g/mol. The van der Waals surface area contributed by atoms with E-state index in [9.17, 15) is 9.90 Å². The van der Waals surface area contributed by atoms with Crippen LogP contribution >= 0.6 is 11.6 Å². The highest BCUT2D eigenvalue weighted by atomic mass is 35.5. The lowest BCUT2D eigenvalue weighted by molar-refractivity contribution is 0.0697. The van der Waals surface area contributed by atoms with Crippen LogP contribution < -0.4 is 0 Å². The molecule has 2 aromatic rings. The Hall–Kier alpha value is -1.61. The first-order valence-corrected chi connectivity index (χ1v) is 6.80. The van der Waals surface area contributed by atoms with Crippen LogP contribution in [0.5, 0.6) is 0 Å². The smallest absolute Gasteiger partial charge is 0.336 e. The van der Waals surface area contributed by atoms with Crippen molar-refractivity contribution in [1.29, 1.82) is 0 Å². The van der Waals surface area contributed by atoms with E-state index in [1.165, 1.54) is 0 Å². The Kier molecular flexibility index (Phi) is 4.05. The Bertz CT molecular complexity index is 638. The van der Waals surface area contributed by atoms with Gasteiger partial charge >= 0.3 is 5.97 Å². The molecule has 0 aliphatic carbocycles. The number of benzene rings is 1. The van der Waals surface area contributed by atoms with Crippen molar-refractivity contribution in [2.75, 3.05) is 0 Å². The highest BCUT2D eigenvalue weighted by Gasteiger charge is 2.18. The number of hydrogen-bond donors (Lipinski definition) is 1. The van der Waals surface area contributed by atoms with Crippen LogP contribution in [0.15, 0.2) is 18.2 Å². The Morgan fingerprint density at radius 3 is 2.68 bits per heavy atom. The monoisotopic (exact) mass is 277 g/mol. The maximum atomic E-state index is 11.6. The van der Waals surface area contributed by atoms with Gasteiger partial charge in [-0.05, 0) is 36.6 Å². The van der Waals surface area contributed by atoms with Gasteiger partial charge in [-0.1, -0.05) is 31.9 Å². The Morgan fingerprint density at radius 1 is 1.37 bits per heavy atom. The van der Waals surface area contributed by atoms with Gasteiger partial charge in [0.05, 0.1) is 11.1 Å². The zero-order chi connectivity index (χ0) is 14.0. The second-order valence-corrected chi connectivity index (χ2v) is 4.92. The summed E-state index contributed by atoms with van der Waals surface area (Å²) in [7, 11) is 0. The molecule has 0 aliphatic heterocycles. The fourth-order valence-electron chi connectivity index (χ4n) is 2.39. The number of fused-ring (bicyclic) bond motifs is 1. The number of aromatic nitrogens is 1. The molecule has 4 heteroatoms. The minimum atomic E-state index is -0.913. The van der Waals surface area contributed by atoms with Gasteiger partial charge in [-0.2, -0.15) is 0 Å². The molecule has 100 valence electrons. The molecule has 0 saturated carbocycles. The molecule has 0 saturated heterocycles. The molecule has 0 bridgehead atoms. The van der Waals surface area contributed by atoms with E-state index in [0.717, 1.165) is 24.1 Å². The van der Waals surface area contributed by atoms with Crippen molar-refractivity contribution in [3.05, 3.63) is 40.0 Å². The summed E-state index contributed by atoms with van der Waals surface area (Å²) in [4.78, 5) is 16.2. The molecular formula is C15H16ClNO2. The predicted octanol–water partition coefficient (Wildman–Crippen LogP) is 4.10. The van der Waals surface area contributed by atoms with Crippen molar-refractivity contribution in [2.45, 2.75) is 33.1 Å². The minimum Gasteiger partial charge on any atom is -0.478 e. The van der Waals surface area contributed by atoms with Gasteiger partial charge in [0, 0.05) is 16.1 Å². The summed E-state index contributed by atoms with van der Waals surface area (Å²) in [5.41, 5.74) is 2.75. The van der Waals surface area contributed by atoms with Crippen LogP contribution in [-0.4, -0.2) is 16.1 Å². The minimum absolute atomic E-state index is 0.346. The van der Waals surface area contributed by atoms with Crippen molar-refractivity contribution >= 4 is 28.5 Å². The van der Waals surface area contributed by atoms with E-state index >= 15 is 0 Å². The van der Waals surface area contributed by atoms with Gasteiger partial charge in [-0.15, -0.1) is 0 Å². The summed E-state index contributed by atoms with van der Waals surface area (Å²) in [5, 5.41) is 10.7. The second-order valence-electron chi connectivity index (χ2n) is 4.48. The third-order valence-electron chi connectivity index (χ3n) is 3.19. The predicted molar refractivity (Wildman–Crippen MR) is 77.1 cm³/mol. The average Bonchev–Trinajstić information content (AvgIpc) is 2.37. The molecule has 2 rings (SSSR count). The van der Waals surface area contributed by atoms with Gasteiger partial charge < -0.3 is 5.11 Å². The van der Waals surface area contributed by atoms with Crippen LogP contribution in [0.3, 0.4) is 0 Å². The number of hydrogen-bond acceptors (Lipinski definition) is 2. The first kappa shape index (κ1) is 13.8. The van der Waals surface area contributed by atoms with Crippen molar-refractivity contribution in [3.8, 4) is 0 Å². The quantitative estimate of drug-likeness (QED) is 0.915. The first-order valence-electron chi connectivity index (χ1n) is 6.42. The van der Waals surface area contributed by atoms with Crippen molar-refractivity contribution in [1.82, 2.24) is 4.98 Å². The van der Waals surface area contributed by atoms with Gasteiger partial charge in [-0.25, -0.2) is 4.79 Å². The van der Waals surface area contributed by atoms with E-state index in [2.05, 4.69) is 11.9 Å².